The van der Waals surface area contributed by atoms with Crippen molar-refractivity contribution in [1.29, 1.82) is 0 Å². The first-order valence-corrected chi connectivity index (χ1v) is 7.04. The van der Waals surface area contributed by atoms with Crippen LogP contribution < -0.4 is 14.8 Å². The molecule has 1 aliphatic rings. The van der Waals surface area contributed by atoms with Crippen LogP contribution in [0.3, 0.4) is 0 Å². The molecular weight excluding hydrogens is 325 g/mol. The second-order valence-corrected chi connectivity index (χ2v) is 5.46. The van der Waals surface area contributed by atoms with Gasteiger partial charge in [-0.3, -0.25) is 0 Å². The standard InChI is InChI=1S/C15H13BrFNO2/c1-9(18-11-3-4-13(17)12(16)7-11)10-2-5-14-15(6-10)20-8-19-14/h2-7,9,18H,8H2,1H3. The molecule has 20 heavy (non-hydrogen) atoms. The number of hydrogen-bond acceptors (Lipinski definition) is 3. The second-order valence-electron chi connectivity index (χ2n) is 4.61. The fraction of sp³-hybridized carbons (Fsp3) is 0.200. The molecular formula is C15H13BrFNO2. The van der Waals surface area contributed by atoms with Crippen LogP contribution in [0.1, 0.15) is 18.5 Å². The highest BCUT2D eigenvalue weighted by Gasteiger charge is 2.15. The van der Waals surface area contributed by atoms with Crippen molar-refractivity contribution in [1.82, 2.24) is 0 Å². The van der Waals surface area contributed by atoms with Crippen LogP contribution in [0.5, 0.6) is 11.5 Å². The summed E-state index contributed by atoms with van der Waals surface area (Å²) in [4.78, 5) is 0. The highest BCUT2D eigenvalue weighted by Crippen LogP contribution is 2.35. The van der Waals surface area contributed by atoms with Gasteiger partial charge in [0.25, 0.3) is 0 Å². The van der Waals surface area contributed by atoms with Crippen molar-refractivity contribution < 1.29 is 13.9 Å². The Morgan fingerprint density at radius 3 is 2.75 bits per heavy atom. The highest BCUT2D eigenvalue weighted by molar-refractivity contribution is 9.10. The van der Waals surface area contributed by atoms with Gasteiger partial charge in [0.15, 0.2) is 11.5 Å². The zero-order valence-corrected chi connectivity index (χ0v) is 12.4. The van der Waals surface area contributed by atoms with Crippen LogP contribution in [-0.4, -0.2) is 6.79 Å². The van der Waals surface area contributed by atoms with E-state index < -0.39 is 0 Å². The molecule has 0 radical (unpaired) electrons. The molecule has 2 aromatic carbocycles. The van der Waals surface area contributed by atoms with Crippen LogP contribution in [0.4, 0.5) is 10.1 Å². The largest absolute Gasteiger partial charge is 0.454 e. The predicted molar refractivity (Wildman–Crippen MR) is 78.7 cm³/mol. The molecule has 1 unspecified atom stereocenters. The summed E-state index contributed by atoms with van der Waals surface area (Å²) >= 11 is 3.18. The first kappa shape index (κ1) is 13.2. The van der Waals surface area contributed by atoms with E-state index in [0.717, 1.165) is 22.7 Å². The van der Waals surface area contributed by atoms with Crippen molar-refractivity contribution in [3.8, 4) is 11.5 Å². The molecule has 3 nitrogen and oxygen atoms in total. The molecule has 104 valence electrons. The Balaban J connectivity index is 1.78. The van der Waals surface area contributed by atoms with E-state index in [1.807, 2.05) is 25.1 Å². The molecule has 5 heteroatoms. The molecule has 1 N–H and O–H groups in total. The topological polar surface area (TPSA) is 30.5 Å². The Bertz CT molecular complexity index is 648. The first-order valence-electron chi connectivity index (χ1n) is 6.24. The Morgan fingerprint density at radius 2 is 1.95 bits per heavy atom. The molecule has 0 amide bonds. The second kappa shape index (κ2) is 5.32. The maximum atomic E-state index is 13.2. The highest BCUT2D eigenvalue weighted by atomic mass is 79.9. The number of anilines is 1. The first-order chi connectivity index (χ1) is 9.63. The van der Waals surface area contributed by atoms with Crippen molar-refractivity contribution in [3.63, 3.8) is 0 Å². The monoisotopic (exact) mass is 337 g/mol. The number of nitrogens with one attached hydrogen (secondary N) is 1. The van der Waals surface area contributed by atoms with Gasteiger partial charge in [-0.15, -0.1) is 0 Å². The van der Waals surface area contributed by atoms with E-state index in [-0.39, 0.29) is 18.7 Å². The van der Waals surface area contributed by atoms with Gasteiger partial charge in [0.05, 0.1) is 4.47 Å². The zero-order chi connectivity index (χ0) is 14.1. The minimum atomic E-state index is -0.272. The molecule has 0 saturated heterocycles. The molecule has 1 heterocycles. The average molecular weight is 338 g/mol. The molecule has 0 aromatic heterocycles. The molecule has 1 atom stereocenters. The SMILES string of the molecule is CC(Nc1ccc(F)c(Br)c1)c1ccc2c(c1)OCO2. The van der Waals surface area contributed by atoms with Gasteiger partial charge in [0.1, 0.15) is 5.82 Å². The van der Waals surface area contributed by atoms with E-state index in [1.54, 1.807) is 12.1 Å². The minimum absolute atomic E-state index is 0.0712. The van der Waals surface area contributed by atoms with Gasteiger partial charge in [0, 0.05) is 11.7 Å². The van der Waals surface area contributed by atoms with Crippen LogP contribution in [0.25, 0.3) is 0 Å². The lowest BCUT2D eigenvalue weighted by molar-refractivity contribution is 0.174. The number of fused-ring (bicyclic) bond motifs is 1. The van der Waals surface area contributed by atoms with E-state index in [0.29, 0.717) is 4.47 Å². The van der Waals surface area contributed by atoms with Gasteiger partial charge in [-0.1, -0.05) is 6.07 Å². The number of hydrogen-bond donors (Lipinski definition) is 1. The smallest absolute Gasteiger partial charge is 0.231 e. The summed E-state index contributed by atoms with van der Waals surface area (Å²) in [7, 11) is 0. The van der Waals surface area contributed by atoms with Crippen molar-refractivity contribution in [3.05, 3.63) is 52.3 Å². The number of ether oxygens (including phenoxy) is 2. The lowest BCUT2D eigenvalue weighted by atomic mass is 10.1. The summed E-state index contributed by atoms with van der Waals surface area (Å²) in [6.45, 7) is 2.31. The number of benzene rings is 2. The summed E-state index contributed by atoms with van der Waals surface area (Å²) < 4.78 is 24.3. The third-order valence-electron chi connectivity index (χ3n) is 3.20. The summed E-state index contributed by atoms with van der Waals surface area (Å²) in [6, 6.07) is 10.8. The van der Waals surface area contributed by atoms with Gasteiger partial charge in [-0.05, 0) is 58.7 Å². The van der Waals surface area contributed by atoms with Crippen LogP contribution >= 0.6 is 15.9 Å². The summed E-state index contributed by atoms with van der Waals surface area (Å²) in [5.74, 6) is 1.26. The fourth-order valence-corrected chi connectivity index (χ4v) is 2.48. The average Bonchev–Trinajstić information content (AvgIpc) is 2.90. The number of rotatable bonds is 3. The van der Waals surface area contributed by atoms with E-state index in [1.165, 1.54) is 6.07 Å². The third kappa shape index (κ3) is 2.58. The van der Waals surface area contributed by atoms with E-state index >= 15 is 0 Å². The van der Waals surface area contributed by atoms with Crippen molar-refractivity contribution in [2.75, 3.05) is 12.1 Å². The van der Waals surface area contributed by atoms with Crippen LogP contribution in [0.2, 0.25) is 0 Å². The maximum absolute atomic E-state index is 13.2. The van der Waals surface area contributed by atoms with Gasteiger partial charge < -0.3 is 14.8 Å². The molecule has 0 spiro atoms. The van der Waals surface area contributed by atoms with Crippen LogP contribution in [0.15, 0.2) is 40.9 Å². The van der Waals surface area contributed by atoms with E-state index in [2.05, 4.69) is 21.2 Å². The van der Waals surface area contributed by atoms with E-state index in [9.17, 15) is 4.39 Å². The summed E-state index contributed by atoms with van der Waals surface area (Å²) in [5, 5.41) is 3.32. The lowest BCUT2D eigenvalue weighted by Crippen LogP contribution is -2.06. The number of halogens is 2. The minimum Gasteiger partial charge on any atom is -0.454 e. The summed E-state index contributed by atoms with van der Waals surface area (Å²) in [6.07, 6.45) is 0. The van der Waals surface area contributed by atoms with Gasteiger partial charge in [-0.2, -0.15) is 0 Å². The van der Waals surface area contributed by atoms with Gasteiger partial charge >= 0.3 is 0 Å². The quantitative estimate of drug-likeness (QED) is 0.894. The Hall–Kier alpha value is -1.75. The predicted octanol–water partition coefficient (Wildman–Crippen LogP) is 4.49. The zero-order valence-electron chi connectivity index (χ0n) is 10.8. The fourth-order valence-electron chi connectivity index (χ4n) is 2.10. The third-order valence-corrected chi connectivity index (χ3v) is 3.81. The van der Waals surface area contributed by atoms with Gasteiger partial charge in [-0.25, -0.2) is 4.39 Å². The van der Waals surface area contributed by atoms with Crippen LogP contribution in [-0.2, 0) is 0 Å². The molecule has 1 aliphatic heterocycles. The normalized spacial score (nSPS) is 14.2. The molecule has 2 aromatic rings. The van der Waals surface area contributed by atoms with E-state index in [4.69, 9.17) is 9.47 Å². The lowest BCUT2D eigenvalue weighted by Gasteiger charge is -2.16. The molecule has 0 saturated carbocycles. The van der Waals surface area contributed by atoms with Crippen molar-refractivity contribution >= 4 is 21.6 Å². The molecule has 3 rings (SSSR count). The molecule has 0 fully saturated rings. The van der Waals surface area contributed by atoms with Crippen molar-refractivity contribution in [2.24, 2.45) is 0 Å². The Labute approximate surface area is 124 Å². The van der Waals surface area contributed by atoms with Crippen LogP contribution in [0, 0.1) is 5.82 Å². The molecule has 0 aliphatic carbocycles. The van der Waals surface area contributed by atoms with Crippen molar-refractivity contribution in [2.45, 2.75) is 13.0 Å². The van der Waals surface area contributed by atoms with Gasteiger partial charge in [0.2, 0.25) is 6.79 Å². The Morgan fingerprint density at radius 1 is 1.15 bits per heavy atom. The summed E-state index contributed by atoms with van der Waals surface area (Å²) in [5.41, 5.74) is 1.93. The Kier molecular flexibility index (Phi) is 3.53. The molecule has 0 bridgehead atoms. The maximum Gasteiger partial charge on any atom is 0.231 e.